The molecule has 0 unspecified atom stereocenters. The van der Waals surface area contributed by atoms with E-state index in [-0.39, 0.29) is 0 Å². The summed E-state index contributed by atoms with van der Waals surface area (Å²) in [5, 5.41) is 2.58. The predicted octanol–water partition coefficient (Wildman–Crippen LogP) is 12.2. The maximum atomic E-state index is 5.03. The molecule has 9 rings (SSSR count). The van der Waals surface area contributed by atoms with Crippen LogP contribution in [0.2, 0.25) is 0 Å². The summed E-state index contributed by atoms with van der Waals surface area (Å²) < 4.78 is 2.61. The van der Waals surface area contributed by atoms with Crippen molar-refractivity contribution in [2.45, 2.75) is 0 Å². The van der Waals surface area contributed by atoms with E-state index in [4.69, 9.17) is 15.0 Å². The van der Waals surface area contributed by atoms with E-state index in [2.05, 4.69) is 140 Å². The van der Waals surface area contributed by atoms with Crippen LogP contribution in [-0.2, 0) is 0 Å². The highest BCUT2D eigenvalue weighted by Crippen LogP contribution is 2.44. The van der Waals surface area contributed by atoms with Gasteiger partial charge in [-0.1, -0.05) is 170 Å². The number of aromatic nitrogens is 3. The molecule has 0 aliphatic heterocycles. The van der Waals surface area contributed by atoms with Crippen molar-refractivity contribution in [3.05, 3.63) is 176 Å². The zero-order chi connectivity index (χ0) is 32.6. The van der Waals surface area contributed by atoms with E-state index in [1.54, 1.807) is 0 Å². The van der Waals surface area contributed by atoms with E-state index in [9.17, 15) is 0 Å². The first-order chi connectivity index (χ1) is 24.3. The molecule has 0 amide bonds. The normalized spacial score (nSPS) is 11.3. The van der Waals surface area contributed by atoms with Gasteiger partial charge < -0.3 is 0 Å². The van der Waals surface area contributed by atoms with Crippen molar-refractivity contribution in [1.82, 2.24) is 15.0 Å². The van der Waals surface area contributed by atoms with Crippen LogP contribution in [0.1, 0.15) is 0 Å². The SMILES string of the molecule is c1ccc(-c2cccc(-c3nc(-c4ccccc4)nc(-c4ccc(-c5cccc6c5sc5c(-c7ccccc7)cccc56)cc4)n3)c2)cc1. The molecule has 0 N–H and O–H groups in total. The Balaban J connectivity index is 1.13. The minimum absolute atomic E-state index is 0.646. The zero-order valence-corrected chi connectivity index (χ0v) is 27.3. The van der Waals surface area contributed by atoms with Gasteiger partial charge in [0.2, 0.25) is 0 Å². The van der Waals surface area contributed by atoms with Gasteiger partial charge >= 0.3 is 0 Å². The molecule has 0 saturated heterocycles. The lowest BCUT2D eigenvalue weighted by Crippen LogP contribution is -2.00. The molecule has 0 saturated carbocycles. The van der Waals surface area contributed by atoms with Crippen LogP contribution in [-0.4, -0.2) is 15.0 Å². The highest BCUT2D eigenvalue weighted by Gasteiger charge is 2.16. The van der Waals surface area contributed by atoms with Crippen molar-refractivity contribution in [3.8, 4) is 67.5 Å². The Bertz CT molecular complexity index is 2580. The molecule has 0 fully saturated rings. The molecule has 0 atom stereocenters. The van der Waals surface area contributed by atoms with E-state index in [1.807, 2.05) is 47.7 Å². The van der Waals surface area contributed by atoms with Crippen molar-refractivity contribution < 1.29 is 0 Å². The minimum Gasteiger partial charge on any atom is -0.208 e. The van der Waals surface area contributed by atoms with E-state index in [1.165, 1.54) is 36.9 Å². The molecule has 0 spiro atoms. The summed E-state index contributed by atoms with van der Waals surface area (Å²) in [6.45, 7) is 0. The second-order valence-electron chi connectivity index (χ2n) is 12.0. The van der Waals surface area contributed by atoms with Crippen LogP contribution < -0.4 is 0 Å². The first-order valence-corrected chi connectivity index (χ1v) is 17.2. The molecule has 3 nitrogen and oxygen atoms in total. The number of nitrogens with zero attached hydrogens (tertiary/aromatic N) is 3. The van der Waals surface area contributed by atoms with Crippen LogP contribution in [0.15, 0.2) is 176 Å². The minimum atomic E-state index is 0.646. The third-order valence-corrected chi connectivity index (χ3v) is 10.2. The maximum absolute atomic E-state index is 5.03. The van der Waals surface area contributed by atoms with Crippen LogP contribution in [0.3, 0.4) is 0 Å². The molecule has 0 aliphatic carbocycles. The number of fused-ring (bicyclic) bond motifs is 3. The van der Waals surface area contributed by atoms with E-state index in [0.29, 0.717) is 17.5 Å². The summed E-state index contributed by atoms with van der Waals surface area (Å²) in [4.78, 5) is 15.0. The largest absolute Gasteiger partial charge is 0.208 e. The topological polar surface area (TPSA) is 38.7 Å². The highest BCUT2D eigenvalue weighted by molar-refractivity contribution is 7.26. The molecule has 7 aromatic carbocycles. The lowest BCUT2D eigenvalue weighted by atomic mass is 9.99. The van der Waals surface area contributed by atoms with Crippen molar-refractivity contribution in [2.75, 3.05) is 0 Å². The molecule has 2 heterocycles. The second-order valence-corrected chi connectivity index (χ2v) is 13.0. The van der Waals surface area contributed by atoms with E-state index in [0.717, 1.165) is 33.4 Å². The predicted molar refractivity (Wildman–Crippen MR) is 205 cm³/mol. The molecule has 2 aromatic heterocycles. The molecule has 4 heteroatoms. The zero-order valence-electron chi connectivity index (χ0n) is 26.5. The van der Waals surface area contributed by atoms with Crippen LogP contribution in [0.25, 0.3) is 87.7 Å². The van der Waals surface area contributed by atoms with E-state index < -0.39 is 0 Å². The van der Waals surface area contributed by atoms with Crippen molar-refractivity contribution >= 4 is 31.5 Å². The van der Waals surface area contributed by atoms with Gasteiger partial charge in [0.05, 0.1) is 0 Å². The summed E-state index contributed by atoms with van der Waals surface area (Å²) in [6, 6.07) is 61.5. The summed E-state index contributed by atoms with van der Waals surface area (Å²) in [5.41, 5.74) is 10.0. The highest BCUT2D eigenvalue weighted by atomic mass is 32.1. The van der Waals surface area contributed by atoms with Gasteiger partial charge in [-0.25, -0.2) is 15.0 Å². The van der Waals surface area contributed by atoms with Crippen LogP contribution in [0.4, 0.5) is 0 Å². The van der Waals surface area contributed by atoms with Crippen LogP contribution >= 0.6 is 11.3 Å². The lowest BCUT2D eigenvalue weighted by Gasteiger charge is -2.10. The summed E-state index contributed by atoms with van der Waals surface area (Å²) >= 11 is 1.87. The third kappa shape index (κ3) is 5.48. The van der Waals surface area contributed by atoms with Crippen LogP contribution in [0.5, 0.6) is 0 Å². The Morgan fingerprint density at radius 2 is 0.673 bits per heavy atom. The molecule has 49 heavy (non-hydrogen) atoms. The second kappa shape index (κ2) is 12.4. The standard InChI is InChI=1S/C45H29N3S/c1-4-13-30(14-5-1)35-19-10-20-36(29-35)45-47-43(33-17-8-3-9-18-33)46-44(48-45)34-27-25-32(26-28-34)38-22-12-24-40-39-23-11-21-37(41(39)49-42(38)40)31-15-6-2-7-16-31/h1-29H. The Hall–Kier alpha value is -6.23. The molecule has 230 valence electrons. The van der Waals surface area contributed by atoms with Gasteiger partial charge in [-0.3, -0.25) is 0 Å². The number of benzene rings is 7. The van der Waals surface area contributed by atoms with Gasteiger partial charge in [0, 0.05) is 36.9 Å². The molecular weight excluding hydrogens is 615 g/mol. The molecule has 0 aliphatic rings. The van der Waals surface area contributed by atoms with Crippen LogP contribution in [0, 0.1) is 0 Å². The average Bonchev–Trinajstić information content (AvgIpc) is 3.58. The van der Waals surface area contributed by atoms with Gasteiger partial charge in [-0.2, -0.15) is 0 Å². The average molecular weight is 644 g/mol. The van der Waals surface area contributed by atoms with Crippen molar-refractivity contribution in [3.63, 3.8) is 0 Å². The molecular formula is C45H29N3S. The monoisotopic (exact) mass is 643 g/mol. The lowest BCUT2D eigenvalue weighted by molar-refractivity contribution is 1.07. The smallest absolute Gasteiger partial charge is 0.164 e. The summed E-state index contributed by atoms with van der Waals surface area (Å²) in [7, 11) is 0. The van der Waals surface area contributed by atoms with Gasteiger partial charge in [0.15, 0.2) is 17.5 Å². The number of hydrogen-bond acceptors (Lipinski definition) is 4. The maximum Gasteiger partial charge on any atom is 0.164 e. The van der Waals surface area contributed by atoms with Crippen molar-refractivity contribution in [1.29, 1.82) is 0 Å². The molecule has 0 radical (unpaired) electrons. The Labute approximate surface area is 288 Å². The molecule has 9 aromatic rings. The Morgan fingerprint density at radius 3 is 1.24 bits per heavy atom. The summed E-state index contributed by atoms with van der Waals surface area (Å²) in [6.07, 6.45) is 0. The third-order valence-electron chi connectivity index (χ3n) is 8.96. The first-order valence-electron chi connectivity index (χ1n) is 16.4. The fourth-order valence-corrected chi connectivity index (χ4v) is 7.88. The fourth-order valence-electron chi connectivity index (χ4n) is 6.51. The van der Waals surface area contributed by atoms with Gasteiger partial charge in [0.25, 0.3) is 0 Å². The number of thiophene rings is 1. The summed E-state index contributed by atoms with van der Waals surface area (Å²) in [5.74, 6) is 1.95. The Morgan fingerprint density at radius 1 is 0.286 bits per heavy atom. The van der Waals surface area contributed by atoms with Crippen molar-refractivity contribution in [2.24, 2.45) is 0 Å². The quantitative estimate of drug-likeness (QED) is 0.181. The molecule has 0 bridgehead atoms. The van der Waals surface area contributed by atoms with Gasteiger partial charge in [0.1, 0.15) is 0 Å². The van der Waals surface area contributed by atoms with E-state index >= 15 is 0 Å². The number of hydrogen-bond donors (Lipinski definition) is 0. The van der Waals surface area contributed by atoms with Gasteiger partial charge in [-0.15, -0.1) is 11.3 Å². The van der Waals surface area contributed by atoms with Gasteiger partial charge in [-0.05, 0) is 39.4 Å². The Kier molecular flexibility index (Phi) is 7.34. The first kappa shape index (κ1) is 29.0. The fraction of sp³-hybridized carbons (Fsp3) is 0. The number of rotatable bonds is 6.